The number of benzene rings is 3. The Balaban J connectivity index is 1.54. The number of nitrogens with one attached hydrogen (secondary N) is 3. The molecule has 0 aliphatic heterocycles. The molecule has 9 heteroatoms. The van der Waals surface area contributed by atoms with E-state index in [2.05, 4.69) is 34.7 Å². The summed E-state index contributed by atoms with van der Waals surface area (Å²) in [6.07, 6.45) is 0. The predicted octanol–water partition coefficient (Wildman–Crippen LogP) is 4.91. The molecule has 36 heavy (non-hydrogen) atoms. The topological polar surface area (TPSA) is 112 Å². The molecule has 0 radical (unpaired) electrons. The number of likely N-dealkylation sites (N-methyl/N-ethyl adjacent to an activating group) is 1. The number of amides is 3. The van der Waals surface area contributed by atoms with Crippen LogP contribution in [0.15, 0.2) is 66.7 Å². The minimum atomic E-state index is -0.444. The molecule has 9 nitrogen and oxygen atoms in total. The van der Waals surface area contributed by atoms with Gasteiger partial charge >= 0.3 is 6.03 Å². The van der Waals surface area contributed by atoms with Crippen molar-refractivity contribution in [1.82, 2.24) is 10.2 Å². The average molecular weight is 493 g/mol. The number of aromatic hydroxyl groups is 1. The highest BCUT2D eigenvalue weighted by Gasteiger charge is 2.14. The van der Waals surface area contributed by atoms with E-state index in [1.54, 1.807) is 54.6 Å². The number of carbonyl (C=O) groups is 2. The number of hydrogen-bond acceptors (Lipinski definition) is 6. The number of phenols is 1. The van der Waals surface area contributed by atoms with E-state index in [-0.39, 0.29) is 11.7 Å². The fourth-order valence-electron chi connectivity index (χ4n) is 3.47. The van der Waals surface area contributed by atoms with Gasteiger partial charge < -0.3 is 35.4 Å². The van der Waals surface area contributed by atoms with Crippen LogP contribution in [0.1, 0.15) is 24.2 Å². The molecular weight excluding hydrogens is 460 g/mol. The van der Waals surface area contributed by atoms with Gasteiger partial charge in [-0.25, -0.2) is 4.79 Å². The first kappa shape index (κ1) is 26.4. The van der Waals surface area contributed by atoms with Gasteiger partial charge in [0.2, 0.25) is 0 Å². The van der Waals surface area contributed by atoms with Gasteiger partial charge in [-0.15, -0.1) is 0 Å². The smallest absolute Gasteiger partial charge is 0.323 e. The number of anilines is 2. The van der Waals surface area contributed by atoms with Crippen LogP contribution in [0.5, 0.6) is 23.0 Å². The van der Waals surface area contributed by atoms with Crippen LogP contribution in [0.4, 0.5) is 16.2 Å². The van der Waals surface area contributed by atoms with Crippen LogP contribution in [0, 0.1) is 0 Å². The van der Waals surface area contributed by atoms with Crippen LogP contribution in [-0.4, -0.2) is 55.2 Å². The van der Waals surface area contributed by atoms with Crippen molar-refractivity contribution >= 4 is 23.3 Å². The van der Waals surface area contributed by atoms with Crippen molar-refractivity contribution in [2.75, 3.05) is 43.9 Å². The third-order valence-electron chi connectivity index (χ3n) is 5.50. The zero-order valence-corrected chi connectivity index (χ0v) is 20.7. The second kappa shape index (κ2) is 13.0. The van der Waals surface area contributed by atoms with E-state index in [0.29, 0.717) is 40.7 Å². The van der Waals surface area contributed by atoms with Gasteiger partial charge in [-0.3, -0.25) is 4.79 Å². The summed E-state index contributed by atoms with van der Waals surface area (Å²) in [7, 11) is 1.48. The Labute approximate surface area is 211 Å². The summed E-state index contributed by atoms with van der Waals surface area (Å²) in [6.45, 7) is 7.32. The molecule has 0 aromatic heterocycles. The van der Waals surface area contributed by atoms with Gasteiger partial charge in [-0.05, 0) is 73.8 Å². The SMILES string of the molecule is CCN(CC)CCNC(=O)c1ccc(NC(=O)Nc2ccc(Oc3ccc(O)cc3)cc2)cc1OC. The number of urea groups is 1. The van der Waals surface area contributed by atoms with Crippen LogP contribution < -0.4 is 25.4 Å². The molecule has 0 fully saturated rings. The average Bonchev–Trinajstić information content (AvgIpc) is 2.89. The predicted molar refractivity (Wildman–Crippen MR) is 140 cm³/mol. The maximum absolute atomic E-state index is 12.6. The molecule has 0 atom stereocenters. The Bertz CT molecular complexity index is 1150. The van der Waals surface area contributed by atoms with E-state index in [0.717, 1.165) is 19.6 Å². The van der Waals surface area contributed by atoms with Crippen LogP contribution in [-0.2, 0) is 0 Å². The lowest BCUT2D eigenvalue weighted by Crippen LogP contribution is -2.34. The fraction of sp³-hybridized carbons (Fsp3) is 0.259. The highest BCUT2D eigenvalue weighted by molar-refractivity contribution is 6.01. The molecule has 0 spiro atoms. The minimum absolute atomic E-state index is 0.161. The van der Waals surface area contributed by atoms with Crippen LogP contribution in [0.25, 0.3) is 0 Å². The first-order valence-corrected chi connectivity index (χ1v) is 11.7. The number of hydrogen-bond donors (Lipinski definition) is 4. The molecule has 4 N–H and O–H groups in total. The third-order valence-corrected chi connectivity index (χ3v) is 5.50. The highest BCUT2D eigenvalue weighted by atomic mass is 16.5. The third kappa shape index (κ3) is 7.64. The Morgan fingerprint density at radius 3 is 2.06 bits per heavy atom. The largest absolute Gasteiger partial charge is 0.508 e. The Morgan fingerprint density at radius 2 is 1.44 bits per heavy atom. The molecule has 0 heterocycles. The van der Waals surface area contributed by atoms with Crippen molar-refractivity contribution in [2.45, 2.75) is 13.8 Å². The van der Waals surface area contributed by atoms with E-state index in [1.807, 2.05) is 0 Å². The monoisotopic (exact) mass is 492 g/mol. The van der Waals surface area contributed by atoms with Gasteiger partial charge in [0.25, 0.3) is 5.91 Å². The normalized spacial score (nSPS) is 10.6. The zero-order chi connectivity index (χ0) is 25.9. The van der Waals surface area contributed by atoms with E-state index in [4.69, 9.17) is 9.47 Å². The Kier molecular flexibility index (Phi) is 9.53. The fourth-order valence-corrected chi connectivity index (χ4v) is 3.47. The number of phenolic OH excluding ortho intramolecular Hbond substituents is 1. The Hall–Kier alpha value is -4.24. The van der Waals surface area contributed by atoms with Crippen molar-refractivity contribution in [2.24, 2.45) is 0 Å². The van der Waals surface area contributed by atoms with Gasteiger partial charge in [-0.1, -0.05) is 13.8 Å². The molecule has 3 amide bonds. The van der Waals surface area contributed by atoms with Crippen LogP contribution >= 0.6 is 0 Å². The summed E-state index contributed by atoms with van der Waals surface area (Å²) in [4.78, 5) is 27.3. The van der Waals surface area contributed by atoms with Crippen LogP contribution in [0.2, 0.25) is 0 Å². The quantitative estimate of drug-likeness (QED) is 0.303. The summed E-state index contributed by atoms with van der Waals surface area (Å²) in [5.41, 5.74) is 1.45. The highest BCUT2D eigenvalue weighted by Crippen LogP contribution is 2.26. The molecule has 0 saturated heterocycles. The van der Waals surface area contributed by atoms with Gasteiger partial charge in [0.1, 0.15) is 23.0 Å². The summed E-state index contributed by atoms with van der Waals surface area (Å²) in [5, 5.41) is 17.7. The molecule has 3 aromatic carbocycles. The van der Waals surface area contributed by atoms with E-state index in [9.17, 15) is 14.7 Å². The summed E-state index contributed by atoms with van der Waals surface area (Å²) >= 11 is 0. The molecule has 0 bridgehead atoms. The zero-order valence-electron chi connectivity index (χ0n) is 20.7. The summed E-state index contributed by atoms with van der Waals surface area (Å²) < 4.78 is 11.1. The molecule has 0 aliphatic carbocycles. The summed E-state index contributed by atoms with van der Waals surface area (Å²) in [6, 6.07) is 17.7. The van der Waals surface area contributed by atoms with Gasteiger partial charge in [-0.2, -0.15) is 0 Å². The van der Waals surface area contributed by atoms with Gasteiger partial charge in [0.05, 0.1) is 12.7 Å². The van der Waals surface area contributed by atoms with E-state index < -0.39 is 6.03 Å². The number of carbonyl (C=O) groups excluding carboxylic acids is 2. The molecule has 0 aliphatic rings. The number of nitrogens with zero attached hydrogens (tertiary/aromatic N) is 1. The molecule has 190 valence electrons. The molecule has 3 aromatic rings. The van der Waals surface area contributed by atoms with E-state index >= 15 is 0 Å². The molecular formula is C27H32N4O5. The second-order valence-corrected chi connectivity index (χ2v) is 7.90. The van der Waals surface area contributed by atoms with Crippen LogP contribution in [0.3, 0.4) is 0 Å². The van der Waals surface area contributed by atoms with E-state index in [1.165, 1.54) is 19.2 Å². The number of methoxy groups -OCH3 is 1. The second-order valence-electron chi connectivity index (χ2n) is 7.90. The van der Waals surface area contributed by atoms with Gasteiger partial charge in [0.15, 0.2) is 0 Å². The summed E-state index contributed by atoms with van der Waals surface area (Å²) in [5.74, 6) is 1.46. The first-order valence-electron chi connectivity index (χ1n) is 11.7. The van der Waals surface area contributed by atoms with Gasteiger partial charge in [0, 0.05) is 30.5 Å². The molecule has 0 unspecified atom stereocenters. The van der Waals surface area contributed by atoms with Crippen molar-refractivity contribution in [1.29, 1.82) is 0 Å². The van der Waals surface area contributed by atoms with Crippen molar-refractivity contribution in [3.63, 3.8) is 0 Å². The lowest BCUT2D eigenvalue weighted by molar-refractivity contribution is 0.0946. The standard InChI is InChI=1S/C27H32N4O5/c1-4-31(5-2)17-16-28-26(33)24-15-8-20(18-25(24)35-3)30-27(34)29-19-6-11-22(12-7-19)36-23-13-9-21(32)10-14-23/h6-15,18,32H,4-5,16-17H2,1-3H3,(H,28,33)(H2,29,30,34). The minimum Gasteiger partial charge on any atom is -0.508 e. The Morgan fingerprint density at radius 1 is 0.861 bits per heavy atom. The first-order chi connectivity index (χ1) is 17.4. The maximum Gasteiger partial charge on any atom is 0.323 e. The molecule has 0 saturated carbocycles. The van der Waals surface area contributed by atoms with Crippen molar-refractivity contribution in [3.8, 4) is 23.0 Å². The molecule has 3 rings (SSSR count). The number of rotatable bonds is 11. The van der Waals surface area contributed by atoms with Crippen molar-refractivity contribution in [3.05, 3.63) is 72.3 Å². The number of ether oxygens (including phenoxy) is 2. The van der Waals surface area contributed by atoms with Crippen molar-refractivity contribution < 1.29 is 24.2 Å². The lowest BCUT2D eigenvalue weighted by Gasteiger charge is -2.18. The maximum atomic E-state index is 12.6. The lowest BCUT2D eigenvalue weighted by atomic mass is 10.1.